The molecule has 0 radical (unpaired) electrons. The lowest BCUT2D eigenvalue weighted by Gasteiger charge is -2.26. The molecule has 2 heterocycles. The van der Waals surface area contributed by atoms with Gasteiger partial charge in [0.1, 0.15) is 23.4 Å². The Labute approximate surface area is 199 Å². The molecule has 2 aliphatic heterocycles. The van der Waals surface area contributed by atoms with Crippen molar-refractivity contribution in [2.45, 2.75) is 45.8 Å². The van der Waals surface area contributed by atoms with Gasteiger partial charge in [-0.15, -0.1) is 0 Å². The monoisotopic (exact) mass is 466 g/mol. The number of hydrogen-bond acceptors (Lipinski definition) is 5. The predicted octanol–water partition coefficient (Wildman–Crippen LogP) is 4.30. The molecule has 0 aliphatic carbocycles. The first kappa shape index (κ1) is 24.0. The number of Topliss-reactive ketones (excluding diaryl/α,β-unsaturated/α-hetero) is 1. The Balaban J connectivity index is 1.72. The third-order valence-corrected chi connectivity index (χ3v) is 6.66. The molecular weight excluding hydrogens is 435 g/mol. The van der Waals surface area contributed by atoms with E-state index in [1.807, 2.05) is 13.0 Å². The molecule has 2 atom stereocenters. The Morgan fingerprint density at radius 3 is 2.53 bits per heavy atom. The number of nitrogens with zero attached hydrogens (tertiary/aromatic N) is 2. The average Bonchev–Trinajstić information content (AvgIpc) is 3.32. The van der Waals surface area contributed by atoms with E-state index in [1.54, 1.807) is 24.3 Å². The highest BCUT2D eigenvalue weighted by Gasteiger charge is 2.45. The van der Waals surface area contributed by atoms with Crippen molar-refractivity contribution in [3.8, 4) is 5.75 Å². The van der Waals surface area contributed by atoms with Crippen LogP contribution in [0, 0.1) is 5.82 Å². The summed E-state index contributed by atoms with van der Waals surface area (Å²) >= 11 is 0. The summed E-state index contributed by atoms with van der Waals surface area (Å²) in [5.41, 5.74) is 2.03. The maximum absolute atomic E-state index is 13.6. The van der Waals surface area contributed by atoms with E-state index in [4.69, 9.17) is 4.74 Å². The van der Waals surface area contributed by atoms with E-state index >= 15 is 0 Å². The fraction of sp³-hybridized carbons (Fsp3) is 0.407. The van der Waals surface area contributed by atoms with E-state index in [0.717, 1.165) is 30.9 Å². The topological polar surface area (TPSA) is 70.1 Å². The molecule has 2 aliphatic rings. The van der Waals surface area contributed by atoms with Crippen LogP contribution >= 0.6 is 0 Å². The summed E-state index contributed by atoms with van der Waals surface area (Å²) in [5, 5.41) is 11.3. The Morgan fingerprint density at radius 1 is 1.15 bits per heavy atom. The van der Waals surface area contributed by atoms with Crippen LogP contribution in [0.15, 0.2) is 48.0 Å². The maximum atomic E-state index is 13.6. The minimum Gasteiger partial charge on any atom is -0.507 e. The van der Waals surface area contributed by atoms with Gasteiger partial charge in [-0.1, -0.05) is 26.0 Å². The summed E-state index contributed by atoms with van der Waals surface area (Å²) in [4.78, 5) is 30.0. The van der Waals surface area contributed by atoms with Crippen molar-refractivity contribution < 1.29 is 23.8 Å². The van der Waals surface area contributed by atoms with Crippen molar-refractivity contribution in [2.24, 2.45) is 0 Å². The molecule has 1 fully saturated rings. The zero-order valence-corrected chi connectivity index (χ0v) is 19.9. The number of amides is 1. The summed E-state index contributed by atoms with van der Waals surface area (Å²) in [6.07, 6.45) is 1.43. The summed E-state index contributed by atoms with van der Waals surface area (Å²) in [6, 6.07) is 10.2. The van der Waals surface area contributed by atoms with Gasteiger partial charge in [0.25, 0.3) is 11.7 Å². The molecule has 180 valence electrons. The standard InChI is InChI=1S/C27H31FN2O4/c1-4-29(5-2)13-6-14-30-24(18-7-10-21(28)11-8-18)23(26(32)27(30)33)25(31)19-9-12-22-20(16-19)15-17(3)34-22/h7-12,16-17,24,31H,4-6,13-15H2,1-3H3/b25-23-. The van der Waals surface area contributed by atoms with E-state index in [9.17, 15) is 19.1 Å². The first-order valence-electron chi connectivity index (χ1n) is 11.9. The lowest BCUT2D eigenvalue weighted by molar-refractivity contribution is -0.140. The van der Waals surface area contributed by atoms with Crippen LogP contribution in [-0.2, 0) is 16.0 Å². The Hall–Kier alpha value is -3.19. The smallest absolute Gasteiger partial charge is 0.295 e. The first-order valence-corrected chi connectivity index (χ1v) is 11.9. The number of carbonyl (C=O) groups is 2. The number of halogens is 1. The summed E-state index contributed by atoms with van der Waals surface area (Å²) in [6.45, 7) is 9.07. The van der Waals surface area contributed by atoms with Gasteiger partial charge in [-0.2, -0.15) is 0 Å². The summed E-state index contributed by atoms with van der Waals surface area (Å²) in [7, 11) is 0. The molecule has 0 spiro atoms. The number of carbonyl (C=O) groups excluding carboxylic acids is 2. The number of ether oxygens (including phenoxy) is 1. The molecule has 0 bridgehead atoms. The second kappa shape index (κ2) is 9.97. The van der Waals surface area contributed by atoms with Gasteiger partial charge in [-0.25, -0.2) is 4.39 Å². The highest BCUT2D eigenvalue weighted by atomic mass is 19.1. The van der Waals surface area contributed by atoms with Crippen LogP contribution in [0.25, 0.3) is 5.76 Å². The SMILES string of the molecule is CCN(CC)CCCN1C(=O)C(=O)/C(=C(\O)c2ccc3c(c2)CC(C)O3)C1c1ccc(F)cc1. The van der Waals surface area contributed by atoms with E-state index in [-0.39, 0.29) is 17.4 Å². The molecule has 0 saturated carbocycles. The quantitative estimate of drug-likeness (QED) is 0.357. The van der Waals surface area contributed by atoms with Crippen molar-refractivity contribution in [1.29, 1.82) is 0 Å². The lowest BCUT2D eigenvalue weighted by atomic mass is 9.94. The minimum atomic E-state index is -0.777. The number of likely N-dealkylation sites (tertiary alicyclic amines) is 1. The molecule has 2 aromatic carbocycles. The van der Waals surface area contributed by atoms with E-state index in [2.05, 4.69) is 18.7 Å². The van der Waals surface area contributed by atoms with E-state index in [1.165, 1.54) is 17.0 Å². The van der Waals surface area contributed by atoms with Gasteiger partial charge in [0.2, 0.25) is 0 Å². The number of rotatable bonds is 8. The molecular formula is C27H31FN2O4. The molecule has 34 heavy (non-hydrogen) atoms. The van der Waals surface area contributed by atoms with Gasteiger partial charge in [0.15, 0.2) is 0 Å². The van der Waals surface area contributed by atoms with Crippen molar-refractivity contribution in [2.75, 3.05) is 26.2 Å². The van der Waals surface area contributed by atoms with Crippen molar-refractivity contribution >= 4 is 17.4 Å². The number of aliphatic hydroxyl groups is 1. The molecule has 1 N–H and O–H groups in total. The molecule has 1 saturated heterocycles. The highest BCUT2D eigenvalue weighted by Crippen LogP contribution is 2.40. The Kier molecular flexibility index (Phi) is 7.03. The van der Waals surface area contributed by atoms with Gasteiger partial charge in [0, 0.05) is 18.5 Å². The largest absolute Gasteiger partial charge is 0.507 e. The molecule has 7 heteroatoms. The number of aliphatic hydroxyl groups excluding tert-OH is 1. The van der Waals surface area contributed by atoms with Crippen molar-refractivity contribution in [3.63, 3.8) is 0 Å². The van der Waals surface area contributed by atoms with Gasteiger partial charge < -0.3 is 19.6 Å². The molecule has 0 aromatic heterocycles. The van der Waals surface area contributed by atoms with Crippen molar-refractivity contribution in [1.82, 2.24) is 9.80 Å². The summed E-state index contributed by atoms with van der Waals surface area (Å²) in [5.74, 6) is -1.24. The van der Waals surface area contributed by atoms with E-state index < -0.39 is 23.5 Å². The van der Waals surface area contributed by atoms with Crippen LogP contribution < -0.4 is 4.74 Å². The fourth-order valence-electron chi connectivity index (χ4n) is 4.83. The number of benzene rings is 2. The Bertz CT molecular complexity index is 1110. The van der Waals surface area contributed by atoms with Crippen LogP contribution in [0.5, 0.6) is 5.75 Å². The first-order chi connectivity index (χ1) is 16.3. The van der Waals surface area contributed by atoms with Crippen LogP contribution in [0.4, 0.5) is 4.39 Å². The molecule has 6 nitrogen and oxygen atoms in total. The second-order valence-electron chi connectivity index (χ2n) is 8.88. The normalized spacial score (nSPS) is 21.3. The molecule has 2 aromatic rings. The van der Waals surface area contributed by atoms with Gasteiger partial charge in [-0.05, 0) is 74.4 Å². The fourth-order valence-corrected chi connectivity index (χ4v) is 4.83. The number of fused-ring (bicyclic) bond motifs is 1. The van der Waals surface area contributed by atoms with E-state index in [0.29, 0.717) is 30.5 Å². The van der Waals surface area contributed by atoms with Crippen LogP contribution in [0.2, 0.25) is 0 Å². The van der Waals surface area contributed by atoms with Crippen LogP contribution in [-0.4, -0.2) is 58.9 Å². The molecule has 1 amide bonds. The van der Waals surface area contributed by atoms with Crippen LogP contribution in [0.3, 0.4) is 0 Å². The maximum Gasteiger partial charge on any atom is 0.295 e. The third kappa shape index (κ3) is 4.57. The average molecular weight is 467 g/mol. The zero-order chi connectivity index (χ0) is 24.4. The predicted molar refractivity (Wildman–Crippen MR) is 128 cm³/mol. The van der Waals surface area contributed by atoms with Crippen LogP contribution in [0.1, 0.15) is 49.9 Å². The van der Waals surface area contributed by atoms with Gasteiger partial charge in [0.05, 0.1) is 11.6 Å². The molecule has 4 rings (SSSR count). The third-order valence-electron chi connectivity index (χ3n) is 6.66. The number of hydrogen-bond donors (Lipinski definition) is 1. The van der Waals surface area contributed by atoms with Crippen molar-refractivity contribution in [3.05, 3.63) is 70.5 Å². The number of ketones is 1. The zero-order valence-electron chi connectivity index (χ0n) is 19.9. The highest BCUT2D eigenvalue weighted by molar-refractivity contribution is 6.46. The van der Waals surface area contributed by atoms with Gasteiger partial charge >= 0.3 is 0 Å². The minimum absolute atomic E-state index is 0.0337. The Morgan fingerprint density at radius 2 is 1.85 bits per heavy atom. The summed E-state index contributed by atoms with van der Waals surface area (Å²) < 4.78 is 19.4. The second-order valence-corrected chi connectivity index (χ2v) is 8.88. The molecule has 2 unspecified atom stereocenters. The lowest BCUT2D eigenvalue weighted by Crippen LogP contribution is -2.33. The van der Waals surface area contributed by atoms with Gasteiger partial charge in [-0.3, -0.25) is 9.59 Å².